The van der Waals surface area contributed by atoms with Gasteiger partial charge in [0.2, 0.25) is 10.0 Å². The van der Waals surface area contributed by atoms with Gasteiger partial charge in [-0.15, -0.1) is 0 Å². The number of hydrogen-bond acceptors (Lipinski definition) is 6. The Balaban J connectivity index is 2.10. The third-order valence-electron chi connectivity index (χ3n) is 4.28. The Morgan fingerprint density at radius 1 is 1.14 bits per heavy atom. The van der Waals surface area contributed by atoms with E-state index in [0.717, 1.165) is 6.42 Å². The number of carbonyl (C=O) groups excluding carboxylic acids is 2. The molecule has 1 aliphatic rings. The molecule has 0 aliphatic carbocycles. The second-order valence-corrected chi connectivity index (χ2v) is 10.4. The normalized spacial score (nSPS) is 21.2. The van der Waals surface area contributed by atoms with Crippen LogP contribution in [-0.2, 0) is 24.3 Å². The fourth-order valence-electron chi connectivity index (χ4n) is 3.31. The zero-order valence-corrected chi connectivity index (χ0v) is 17.9. The molecule has 0 bridgehead atoms. The van der Waals surface area contributed by atoms with Crippen molar-refractivity contribution in [1.82, 2.24) is 4.31 Å². The van der Waals surface area contributed by atoms with E-state index in [1.165, 1.54) is 28.6 Å². The molecule has 7 nitrogen and oxygen atoms in total. The Labute approximate surface area is 167 Å². The predicted octanol–water partition coefficient (Wildman–Crippen LogP) is 2.85. The summed E-state index contributed by atoms with van der Waals surface area (Å²) in [6.07, 6.45) is 0.989. The van der Waals surface area contributed by atoms with Crippen LogP contribution in [0.25, 0.3) is 0 Å². The molecule has 2 rings (SSSR count). The largest absolute Gasteiger partial charge is 0.457 e. The van der Waals surface area contributed by atoms with Crippen molar-refractivity contribution in [2.45, 2.75) is 51.5 Å². The smallest absolute Gasteiger partial charge is 0.344 e. The van der Waals surface area contributed by atoms with Crippen LogP contribution in [0.15, 0.2) is 29.2 Å². The van der Waals surface area contributed by atoms with Crippen molar-refractivity contribution in [3.8, 4) is 0 Å². The van der Waals surface area contributed by atoms with Gasteiger partial charge in [-0.25, -0.2) is 18.0 Å². The van der Waals surface area contributed by atoms with E-state index < -0.39 is 34.2 Å². The van der Waals surface area contributed by atoms with Crippen molar-refractivity contribution in [1.29, 1.82) is 0 Å². The van der Waals surface area contributed by atoms with Crippen molar-refractivity contribution >= 4 is 22.0 Å². The van der Waals surface area contributed by atoms with Gasteiger partial charge in [-0.1, -0.05) is 19.9 Å². The monoisotopic (exact) mass is 411 g/mol. The van der Waals surface area contributed by atoms with Gasteiger partial charge < -0.3 is 9.47 Å². The number of hydrogen-bond donors (Lipinski definition) is 0. The van der Waals surface area contributed by atoms with Crippen LogP contribution < -0.4 is 0 Å². The molecule has 0 aromatic heterocycles. The Kier molecular flexibility index (Phi) is 6.88. The van der Waals surface area contributed by atoms with Crippen LogP contribution in [-0.4, -0.2) is 50.0 Å². The summed E-state index contributed by atoms with van der Waals surface area (Å²) in [5.74, 6) is -0.884. The van der Waals surface area contributed by atoms with Gasteiger partial charge in [-0.3, -0.25) is 0 Å². The lowest BCUT2D eigenvalue weighted by atomic mass is 9.94. The summed E-state index contributed by atoms with van der Waals surface area (Å²) in [7, 11) is -3.71. The van der Waals surface area contributed by atoms with Gasteiger partial charge in [0, 0.05) is 13.1 Å². The molecule has 1 aromatic rings. The summed E-state index contributed by atoms with van der Waals surface area (Å²) in [6.45, 7) is 9.58. The summed E-state index contributed by atoms with van der Waals surface area (Å²) >= 11 is 0. The van der Waals surface area contributed by atoms with Gasteiger partial charge >= 0.3 is 11.9 Å². The first-order valence-corrected chi connectivity index (χ1v) is 10.8. The molecule has 28 heavy (non-hydrogen) atoms. The molecular weight excluding hydrogens is 382 g/mol. The zero-order valence-electron chi connectivity index (χ0n) is 17.1. The highest BCUT2D eigenvalue weighted by Crippen LogP contribution is 2.27. The minimum absolute atomic E-state index is 0.0421. The van der Waals surface area contributed by atoms with Crippen LogP contribution in [0.5, 0.6) is 0 Å². The molecule has 0 radical (unpaired) electrons. The van der Waals surface area contributed by atoms with Gasteiger partial charge in [-0.05, 0) is 57.2 Å². The molecule has 2 unspecified atom stereocenters. The van der Waals surface area contributed by atoms with Crippen molar-refractivity contribution in [3.05, 3.63) is 29.8 Å². The molecule has 0 N–H and O–H groups in total. The van der Waals surface area contributed by atoms with Gasteiger partial charge in [0.05, 0.1) is 10.5 Å². The molecule has 1 aliphatic heterocycles. The van der Waals surface area contributed by atoms with Crippen LogP contribution >= 0.6 is 0 Å². The maximum Gasteiger partial charge on any atom is 0.344 e. The van der Waals surface area contributed by atoms with Gasteiger partial charge in [0.15, 0.2) is 6.61 Å². The third-order valence-corrected chi connectivity index (χ3v) is 6.11. The second kappa shape index (κ2) is 8.61. The van der Waals surface area contributed by atoms with Crippen LogP contribution in [0.4, 0.5) is 0 Å². The Hall–Kier alpha value is -1.93. The first kappa shape index (κ1) is 22.4. The maximum absolute atomic E-state index is 13.0. The number of piperidine rings is 1. The number of carbonyl (C=O) groups is 2. The molecule has 0 amide bonds. The first-order valence-electron chi connectivity index (χ1n) is 9.37. The van der Waals surface area contributed by atoms with E-state index in [1.807, 2.05) is 13.8 Å². The van der Waals surface area contributed by atoms with E-state index in [2.05, 4.69) is 0 Å². The molecule has 1 fully saturated rings. The third kappa shape index (κ3) is 6.04. The highest BCUT2D eigenvalue weighted by molar-refractivity contribution is 7.89. The minimum Gasteiger partial charge on any atom is -0.457 e. The van der Waals surface area contributed by atoms with Gasteiger partial charge in [0.1, 0.15) is 5.60 Å². The number of sulfonamides is 1. The topological polar surface area (TPSA) is 90.0 Å². The fraction of sp³-hybridized carbons (Fsp3) is 0.600. The molecule has 0 saturated carbocycles. The molecule has 1 saturated heterocycles. The quantitative estimate of drug-likeness (QED) is 0.692. The summed E-state index contributed by atoms with van der Waals surface area (Å²) in [5, 5.41) is 0. The molecule has 2 atom stereocenters. The van der Waals surface area contributed by atoms with E-state index in [1.54, 1.807) is 20.8 Å². The minimum atomic E-state index is -3.71. The van der Waals surface area contributed by atoms with E-state index in [4.69, 9.17) is 9.47 Å². The molecule has 1 aromatic carbocycles. The Morgan fingerprint density at radius 3 is 2.32 bits per heavy atom. The molecule has 156 valence electrons. The SMILES string of the molecule is CC1CC(C)CN(S(=O)(=O)c2cccc(C(=O)OCC(=O)OC(C)(C)C)c2)C1. The van der Waals surface area contributed by atoms with E-state index in [9.17, 15) is 18.0 Å². The molecule has 8 heteroatoms. The fourth-order valence-corrected chi connectivity index (χ4v) is 5.04. The highest BCUT2D eigenvalue weighted by atomic mass is 32.2. The Morgan fingerprint density at radius 2 is 1.75 bits per heavy atom. The molecule has 0 spiro atoms. The lowest BCUT2D eigenvalue weighted by molar-refractivity contribution is -0.158. The van der Waals surface area contributed by atoms with Gasteiger partial charge in [0.25, 0.3) is 0 Å². The van der Waals surface area contributed by atoms with Crippen LogP contribution in [0, 0.1) is 11.8 Å². The number of rotatable bonds is 5. The van der Waals surface area contributed by atoms with Crippen LogP contribution in [0.1, 0.15) is 51.4 Å². The molecular formula is C20H29NO6S. The summed E-state index contributed by atoms with van der Waals surface area (Å²) in [6, 6.07) is 5.70. The van der Waals surface area contributed by atoms with E-state index in [-0.39, 0.29) is 22.3 Å². The van der Waals surface area contributed by atoms with E-state index >= 15 is 0 Å². The summed E-state index contributed by atoms with van der Waals surface area (Å²) in [5.41, 5.74) is -0.608. The average molecular weight is 412 g/mol. The Bertz CT molecular complexity index is 817. The highest BCUT2D eigenvalue weighted by Gasteiger charge is 2.32. The van der Waals surface area contributed by atoms with Gasteiger partial charge in [-0.2, -0.15) is 4.31 Å². The predicted molar refractivity (Wildman–Crippen MR) is 104 cm³/mol. The first-order chi connectivity index (χ1) is 12.9. The number of benzene rings is 1. The average Bonchev–Trinajstić information content (AvgIpc) is 2.57. The summed E-state index contributed by atoms with van der Waals surface area (Å²) < 4.78 is 37.5. The summed E-state index contributed by atoms with van der Waals surface area (Å²) in [4.78, 5) is 24.0. The van der Waals surface area contributed by atoms with Crippen molar-refractivity contribution in [2.75, 3.05) is 19.7 Å². The van der Waals surface area contributed by atoms with Crippen molar-refractivity contribution in [3.63, 3.8) is 0 Å². The standard InChI is InChI=1S/C20H29NO6S/c1-14-9-15(2)12-21(11-14)28(24,25)17-8-6-7-16(10-17)19(23)26-13-18(22)27-20(3,4)5/h6-8,10,14-15H,9,11-13H2,1-5H3. The lowest BCUT2D eigenvalue weighted by Crippen LogP contribution is -2.42. The van der Waals surface area contributed by atoms with E-state index in [0.29, 0.717) is 13.1 Å². The zero-order chi connectivity index (χ0) is 21.1. The van der Waals surface area contributed by atoms with Crippen LogP contribution in [0.2, 0.25) is 0 Å². The lowest BCUT2D eigenvalue weighted by Gasteiger charge is -2.34. The molecule has 1 heterocycles. The maximum atomic E-state index is 13.0. The second-order valence-electron chi connectivity index (χ2n) is 8.46. The van der Waals surface area contributed by atoms with Crippen molar-refractivity contribution in [2.24, 2.45) is 11.8 Å². The number of ether oxygens (including phenoxy) is 2. The number of esters is 2. The van der Waals surface area contributed by atoms with Crippen molar-refractivity contribution < 1.29 is 27.5 Å². The van der Waals surface area contributed by atoms with Crippen LogP contribution in [0.3, 0.4) is 0 Å². The number of nitrogens with zero attached hydrogens (tertiary/aromatic N) is 1.